The summed E-state index contributed by atoms with van der Waals surface area (Å²) in [7, 11) is 1.90. The molecule has 0 N–H and O–H groups in total. The summed E-state index contributed by atoms with van der Waals surface area (Å²) in [6, 6.07) is 5.73. The fourth-order valence-corrected chi connectivity index (χ4v) is 3.73. The molecule has 3 rings (SSSR count). The normalized spacial score (nSPS) is 22.1. The molecule has 1 amide bonds. The summed E-state index contributed by atoms with van der Waals surface area (Å²) in [6.45, 7) is 4.38. The summed E-state index contributed by atoms with van der Waals surface area (Å²) in [5.41, 5.74) is 0.671. The van der Waals surface area contributed by atoms with Crippen molar-refractivity contribution in [2.45, 2.75) is 32.4 Å². The van der Waals surface area contributed by atoms with E-state index in [0.717, 1.165) is 22.7 Å². The van der Waals surface area contributed by atoms with Gasteiger partial charge in [0, 0.05) is 19.3 Å². The van der Waals surface area contributed by atoms with Gasteiger partial charge in [-0.15, -0.1) is 11.3 Å². The minimum atomic E-state index is -1.27. The Bertz CT molecular complexity index is 685. The van der Waals surface area contributed by atoms with Crippen LogP contribution in [0, 0.1) is 6.92 Å². The van der Waals surface area contributed by atoms with Gasteiger partial charge in [0.25, 0.3) is 5.91 Å². The van der Waals surface area contributed by atoms with Crippen LogP contribution in [0.4, 0.5) is 4.39 Å². The number of likely N-dealkylation sites (tertiary alicyclic amines) is 1. The Kier molecular flexibility index (Phi) is 3.80. The minimum Gasteiger partial charge on any atom is -0.335 e. The number of thiophene rings is 1. The summed E-state index contributed by atoms with van der Waals surface area (Å²) in [6.07, 6.45) is 1.25. The Morgan fingerprint density at radius 1 is 1.45 bits per heavy atom. The molecule has 0 bridgehead atoms. The summed E-state index contributed by atoms with van der Waals surface area (Å²) in [5.74, 6) is -0.0764. The monoisotopic (exact) mass is 321 g/mol. The molecule has 0 aliphatic carbocycles. The molecule has 4 nitrogen and oxygen atoms in total. The molecular formula is C16H20FN3OS. The zero-order chi connectivity index (χ0) is 15.9. The smallest absolute Gasteiger partial charge is 0.264 e. The average molecular weight is 321 g/mol. The molecule has 1 aliphatic rings. The van der Waals surface area contributed by atoms with E-state index in [1.54, 1.807) is 11.8 Å². The lowest BCUT2D eigenvalue weighted by molar-refractivity contribution is 0.0421. The summed E-state index contributed by atoms with van der Waals surface area (Å²) in [4.78, 5) is 15.8. The van der Waals surface area contributed by atoms with Crippen molar-refractivity contribution in [1.29, 1.82) is 0 Å². The highest BCUT2D eigenvalue weighted by Crippen LogP contribution is 2.30. The van der Waals surface area contributed by atoms with Crippen LogP contribution >= 0.6 is 11.3 Å². The van der Waals surface area contributed by atoms with E-state index in [9.17, 15) is 9.18 Å². The van der Waals surface area contributed by atoms with Crippen molar-refractivity contribution in [3.05, 3.63) is 28.8 Å². The Morgan fingerprint density at radius 3 is 2.86 bits per heavy atom. The van der Waals surface area contributed by atoms with Crippen LogP contribution in [0.25, 0.3) is 10.6 Å². The third-order valence-corrected chi connectivity index (χ3v) is 5.21. The highest BCUT2D eigenvalue weighted by molar-refractivity contribution is 7.17. The van der Waals surface area contributed by atoms with Gasteiger partial charge in [-0.3, -0.25) is 9.48 Å². The number of carbonyl (C=O) groups is 1. The van der Waals surface area contributed by atoms with E-state index in [-0.39, 0.29) is 12.5 Å². The van der Waals surface area contributed by atoms with Gasteiger partial charge in [0.2, 0.25) is 0 Å². The van der Waals surface area contributed by atoms with Crippen LogP contribution in [0.2, 0.25) is 0 Å². The van der Waals surface area contributed by atoms with E-state index in [4.69, 9.17) is 0 Å². The molecule has 6 heteroatoms. The topological polar surface area (TPSA) is 38.1 Å². The van der Waals surface area contributed by atoms with Gasteiger partial charge in [0.15, 0.2) is 0 Å². The summed E-state index contributed by atoms with van der Waals surface area (Å²) in [5, 5.41) is 4.43. The maximum Gasteiger partial charge on any atom is 0.264 e. The van der Waals surface area contributed by atoms with Crippen molar-refractivity contribution in [2.24, 2.45) is 7.05 Å². The number of aryl methyl sites for hydroxylation is 2. The van der Waals surface area contributed by atoms with Crippen LogP contribution in [-0.2, 0) is 7.05 Å². The van der Waals surface area contributed by atoms with Crippen LogP contribution in [0.15, 0.2) is 18.2 Å². The largest absolute Gasteiger partial charge is 0.335 e. The molecule has 1 atom stereocenters. The molecule has 1 saturated heterocycles. The molecule has 2 aromatic heterocycles. The van der Waals surface area contributed by atoms with E-state index < -0.39 is 5.67 Å². The first-order valence-corrected chi connectivity index (χ1v) is 8.26. The number of rotatable bonds is 2. The van der Waals surface area contributed by atoms with E-state index in [1.165, 1.54) is 11.3 Å². The maximum atomic E-state index is 14.1. The number of hydrogen-bond donors (Lipinski definition) is 0. The molecule has 3 heterocycles. The van der Waals surface area contributed by atoms with Crippen LogP contribution in [0.3, 0.4) is 0 Å². The van der Waals surface area contributed by atoms with Crippen LogP contribution < -0.4 is 0 Å². The van der Waals surface area contributed by atoms with Crippen molar-refractivity contribution in [1.82, 2.24) is 14.7 Å². The third-order valence-electron chi connectivity index (χ3n) is 4.12. The average Bonchev–Trinajstić information content (AvgIpc) is 3.05. The third kappa shape index (κ3) is 2.92. The molecule has 118 valence electrons. The predicted octanol–water partition coefficient (Wildman–Crippen LogP) is 3.42. The van der Waals surface area contributed by atoms with Gasteiger partial charge in [-0.05, 0) is 44.9 Å². The van der Waals surface area contributed by atoms with Gasteiger partial charge in [-0.2, -0.15) is 5.10 Å². The quantitative estimate of drug-likeness (QED) is 0.850. The number of nitrogens with zero attached hydrogens (tertiary/aromatic N) is 3. The number of halogens is 1. The summed E-state index contributed by atoms with van der Waals surface area (Å²) >= 11 is 1.42. The SMILES string of the molecule is Cc1cc(-c2ccc(C(=O)N3CCCC(C)(F)C3)s2)nn1C. The first kappa shape index (κ1) is 15.2. The first-order valence-electron chi connectivity index (χ1n) is 7.45. The van der Waals surface area contributed by atoms with E-state index >= 15 is 0 Å². The van der Waals surface area contributed by atoms with Crippen LogP contribution in [-0.4, -0.2) is 39.3 Å². The Morgan fingerprint density at radius 2 is 2.23 bits per heavy atom. The number of carbonyl (C=O) groups excluding carboxylic acids is 1. The molecule has 2 aromatic rings. The molecule has 1 fully saturated rings. The number of alkyl halides is 1. The second-order valence-electron chi connectivity index (χ2n) is 6.20. The van der Waals surface area contributed by atoms with E-state index in [1.807, 2.05) is 36.9 Å². The van der Waals surface area contributed by atoms with Crippen molar-refractivity contribution in [3.8, 4) is 10.6 Å². The molecule has 0 saturated carbocycles. The Balaban J connectivity index is 1.80. The van der Waals surface area contributed by atoms with E-state index in [2.05, 4.69) is 5.10 Å². The lowest BCUT2D eigenvalue weighted by Crippen LogP contribution is -2.46. The highest BCUT2D eigenvalue weighted by Gasteiger charge is 2.33. The zero-order valence-electron chi connectivity index (χ0n) is 13.1. The lowest BCUT2D eigenvalue weighted by Gasteiger charge is -2.34. The zero-order valence-corrected chi connectivity index (χ0v) is 13.9. The van der Waals surface area contributed by atoms with Gasteiger partial charge < -0.3 is 4.90 Å². The second kappa shape index (κ2) is 5.50. The lowest BCUT2D eigenvalue weighted by atomic mass is 9.97. The van der Waals surface area contributed by atoms with Gasteiger partial charge in [0.1, 0.15) is 11.4 Å². The van der Waals surface area contributed by atoms with Crippen molar-refractivity contribution in [3.63, 3.8) is 0 Å². The van der Waals surface area contributed by atoms with Crippen LogP contribution in [0.5, 0.6) is 0 Å². The van der Waals surface area contributed by atoms with Crippen LogP contribution in [0.1, 0.15) is 35.1 Å². The maximum absolute atomic E-state index is 14.1. The minimum absolute atomic E-state index is 0.0764. The molecule has 0 aromatic carbocycles. The molecule has 22 heavy (non-hydrogen) atoms. The van der Waals surface area contributed by atoms with E-state index in [0.29, 0.717) is 17.8 Å². The molecule has 0 radical (unpaired) electrons. The first-order chi connectivity index (χ1) is 10.4. The van der Waals surface area contributed by atoms with Gasteiger partial charge in [-0.25, -0.2) is 4.39 Å². The highest BCUT2D eigenvalue weighted by atomic mass is 32.1. The van der Waals surface area contributed by atoms with Crippen molar-refractivity contribution < 1.29 is 9.18 Å². The number of aromatic nitrogens is 2. The second-order valence-corrected chi connectivity index (χ2v) is 7.29. The molecule has 0 spiro atoms. The van der Waals surface area contributed by atoms with Gasteiger partial charge in [-0.1, -0.05) is 0 Å². The molecule has 1 aliphatic heterocycles. The fourth-order valence-electron chi connectivity index (χ4n) is 2.80. The van der Waals surface area contributed by atoms with Gasteiger partial charge >= 0.3 is 0 Å². The molecular weight excluding hydrogens is 301 g/mol. The Labute approximate surface area is 133 Å². The number of hydrogen-bond acceptors (Lipinski definition) is 3. The number of piperidine rings is 1. The predicted molar refractivity (Wildman–Crippen MR) is 85.9 cm³/mol. The Hall–Kier alpha value is -1.69. The summed E-state index contributed by atoms with van der Waals surface area (Å²) < 4.78 is 15.9. The molecule has 1 unspecified atom stereocenters. The standard InChI is InChI=1S/C16H20FN3OS/c1-11-9-12(18-19(11)3)13-5-6-14(22-13)15(21)20-8-4-7-16(2,17)10-20/h5-6,9H,4,7-8,10H2,1-3H3. The van der Waals surface area contributed by atoms with Crippen molar-refractivity contribution in [2.75, 3.05) is 13.1 Å². The fraction of sp³-hybridized carbons (Fsp3) is 0.500. The number of amides is 1. The van der Waals surface area contributed by atoms with Crippen molar-refractivity contribution >= 4 is 17.2 Å². The van der Waals surface area contributed by atoms with Gasteiger partial charge in [0.05, 0.1) is 16.3 Å².